The Hall–Kier alpha value is -2.83. The summed E-state index contributed by atoms with van der Waals surface area (Å²) in [6.07, 6.45) is 7.46. The standard InChI is InChI=1S/C32H44N2O9/c1-16(14-17(2)28-18(3)23-12-13-32(15-40-32)31(6,42-23)43-28)8-9-22(36)25-27(37)26(19(4)29(38)33-7)34(30(25)39)24-11-10-21(35)20(5)41-24/h8-9,12-14,17-21,23-24,26,28,35-36H,10-11,15H2,1-7H3,(H,33,38)/b9-8+,16-14+,25-22+/t17-,18+,19+,20+,21-,23+,24?,26+,28-,31+,32-/m0/s1. The number of ether oxygens (including phenoxy) is 4. The van der Waals surface area contributed by atoms with Gasteiger partial charge in [-0.05, 0) is 45.8 Å². The van der Waals surface area contributed by atoms with Crippen molar-refractivity contribution < 1.29 is 43.5 Å². The number of aliphatic hydroxyl groups excluding tert-OH is 2. The Balaban J connectivity index is 1.36. The zero-order valence-electron chi connectivity index (χ0n) is 25.9. The van der Waals surface area contributed by atoms with Crippen molar-refractivity contribution in [1.29, 1.82) is 0 Å². The fourth-order valence-corrected chi connectivity index (χ4v) is 6.82. The maximum absolute atomic E-state index is 13.6. The van der Waals surface area contributed by atoms with Crippen molar-refractivity contribution in [2.24, 2.45) is 17.8 Å². The summed E-state index contributed by atoms with van der Waals surface area (Å²) >= 11 is 0. The second kappa shape index (κ2) is 11.6. The molecule has 0 radical (unpaired) electrons. The SMILES string of the molecule is CNC(=O)[C@H](C)[C@@H]1C(=O)/C(=C(O)/C=C/C(C)=C/[C@H](C)[C@@H]2O[C@@]3(C)O[C@H](C=C[C@]34CO4)[C@H]2C)C(=O)N1C1CC[C@H](O)[C@@H](C)O1. The minimum atomic E-state index is -1.15. The minimum Gasteiger partial charge on any atom is -0.507 e. The summed E-state index contributed by atoms with van der Waals surface area (Å²) in [5.74, 6) is -3.93. The van der Waals surface area contributed by atoms with Crippen LogP contribution in [-0.2, 0) is 33.3 Å². The molecule has 0 aromatic heterocycles. The number of carbonyl (C=O) groups is 3. The van der Waals surface area contributed by atoms with E-state index in [1.807, 2.05) is 19.9 Å². The zero-order chi connectivity index (χ0) is 31.4. The Morgan fingerprint density at radius 1 is 1.19 bits per heavy atom. The van der Waals surface area contributed by atoms with Gasteiger partial charge < -0.3 is 39.4 Å². The van der Waals surface area contributed by atoms with Crippen molar-refractivity contribution in [3.05, 3.63) is 47.3 Å². The molecule has 0 aliphatic carbocycles. The summed E-state index contributed by atoms with van der Waals surface area (Å²) in [7, 11) is 1.46. The van der Waals surface area contributed by atoms with Gasteiger partial charge in [-0.1, -0.05) is 44.6 Å². The van der Waals surface area contributed by atoms with Crippen LogP contribution in [0.1, 0.15) is 54.4 Å². The lowest BCUT2D eigenvalue weighted by atomic mass is 9.82. The zero-order valence-corrected chi connectivity index (χ0v) is 25.9. The molecule has 3 N–H and O–H groups in total. The van der Waals surface area contributed by atoms with E-state index >= 15 is 0 Å². The number of rotatable bonds is 7. The van der Waals surface area contributed by atoms with E-state index in [2.05, 4.69) is 31.3 Å². The number of likely N-dealkylation sites (tertiary alicyclic amines) is 1. The molecule has 5 rings (SSSR count). The molecule has 11 atom stereocenters. The third kappa shape index (κ3) is 5.50. The molecule has 236 valence electrons. The number of hydrogen-bond donors (Lipinski definition) is 3. The first-order valence-electron chi connectivity index (χ1n) is 15.1. The van der Waals surface area contributed by atoms with Gasteiger partial charge in [0.2, 0.25) is 11.7 Å². The first-order valence-corrected chi connectivity index (χ1v) is 15.1. The summed E-state index contributed by atoms with van der Waals surface area (Å²) in [5, 5.41) is 23.7. The first-order chi connectivity index (χ1) is 20.2. The number of ketones is 1. The summed E-state index contributed by atoms with van der Waals surface area (Å²) < 4.78 is 24.3. The van der Waals surface area contributed by atoms with Crippen molar-refractivity contribution in [3.63, 3.8) is 0 Å². The molecule has 11 nitrogen and oxygen atoms in total. The average Bonchev–Trinajstić information content (AvgIpc) is 3.71. The number of fused-ring (bicyclic) bond motifs is 3. The van der Waals surface area contributed by atoms with Crippen LogP contribution in [0.25, 0.3) is 0 Å². The highest BCUT2D eigenvalue weighted by Crippen LogP contribution is 2.52. The smallest absolute Gasteiger partial charge is 0.264 e. The Morgan fingerprint density at radius 3 is 2.51 bits per heavy atom. The normalized spacial score (nSPS) is 42.0. The van der Waals surface area contributed by atoms with E-state index in [0.29, 0.717) is 19.4 Å². The van der Waals surface area contributed by atoms with Crippen molar-refractivity contribution in [2.75, 3.05) is 13.7 Å². The molecular weight excluding hydrogens is 556 g/mol. The Morgan fingerprint density at radius 2 is 1.88 bits per heavy atom. The van der Waals surface area contributed by atoms with Crippen molar-refractivity contribution >= 4 is 17.6 Å². The van der Waals surface area contributed by atoms with Crippen LogP contribution in [0.5, 0.6) is 0 Å². The van der Waals surface area contributed by atoms with E-state index in [0.717, 1.165) is 5.57 Å². The van der Waals surface area contributed by atoms with Gasteiger partial charge in [0.1, 0.15) is 23.6 Å². The highest BCUT2D eigenvalue weighted by atomic mass is 16.8. The van der Waals surface area contributed by atoms with Gasteiger partial charge in [-0.3, -0.25) is 14.4 Å². The van der Waals surface area contributed by atoms with Gasteiger partial charge in [-0.25, -0.2) is 0 Å². The molecule has 4 fully saturated rings. The molecule has 2 bridgehead atoms. The molecule has 5 aliphatic rings. The molecule has 5 heterocycles. The average molecular weight is 601 g/mol. The van der Waals surface area contributed by atoms with Crippen LogP contribution < -0.4 is 5.32 Å². The molecule has 11 heteroatoms. The first kappa shape index (κ1) is 31.6. The van der Waals surface area contributed by atoms with Crippen LogP contribution in [0.15, 0.2) is 47.3 Å². The fourth-order valence-electron chi connectivity index (χ4n) is 6.82. The van der Waals surface area contributed by atoms with Crippen LogP contribution in [0.4, 0.5) is 0 Å². The number of Topliss-reactive ketones (excluding diaryl/α,β-unsaturated/α-hetero) is 1. The van der Waals surface area contributed by atoms with E-state index in [-0.39, 0.29) is 29.6 Å². The van der Waals surface area contributed by atoms with E-state index < -0.39 is 65.1 Å². The van der Waals surface area contributed by atoms with Crippen LogP contribution in [0.3, 0.4) is 0 Å². The largest absolute Gasteiger partial charge is 0.507 e. The molecule has 0 aromatic rings. The van der Waals surface area contributed by atoms with Gasteiger partial charge in [0.15, 0.2) is 11.4 Å². The molecule has 1 spiro atoms. The Labute approximate surface area is 252 Å². The third-order valence-corrected chi connectivity index (χ3v) is 9.67. The monoisotopic (exact) mass is 600 g/mol. The number of epoxide rings is 1. The second-order valence-electron chi connectivity index (χ2n) is 12.7. The highest BCUT2D eigenvalue weighted by molar-refractivity contribution is 6.27. The van der Waals surface area contributed by atoms with Crippen molar-refractivity contribution in [1.82, 2.24) is 10.2 Å². The molecule has 43 heavy (non-hydrogen) atoms. The van der Waals surface area contributed by atoms with Gasteiger partial charge in [0, 0.05) is 18.9 Å². The van der Waals surface area contributed by atoms with Crippen molar-refractivity contribution in [2.45, 2.75) is 102 Å². The lowest BCUT2D eigenvalue weighted by Gasteiger charge is -2.51. The minimum absolute atomic E-state index is 0.0220. The Kier molecular flexibility index (Phi) is 8.51. The summed E-state index contributed by atoms with van der Waals surface area (Å²) in [4.78, 5) is 41.1. The van der Waals surface area contributed by atoms with Crippen LogP contribution in [-0.4, -0.2) is 94.4 Å². The number of nitrogens with one attached hydrogen (secondary N) is 1. The summed E-state index contributed by atoms with van der Waals surface area (Å²) in [5.41, 5.74) is -0.127. The molecule has 0 aromatic carbocycles. The summed E-state index contributed by atoms with van der Waals surface area (Å²) in [6, 6.07) is -1.15. The fraction of sp³-hybridized carbons (Fsp3) is 0.656. The lowest BCUT2D eigenvalue weighted by molar-refractivity contribution is -0.346. The van der Waals surface area contributed by atoms with E-state index in [1.54, 1.807) is 19.9 Å². The number of hydrogen-bond acceptors (Lipinski definition) is 9. The molecule has 0 saturated carbocycles. The Bertz CT molecular complexity index is 1280. The van der Waals surface area contributed by atoms with Gasteiger partial charge in [0.05, 0.1) is 36.9 Å². The number of carbonyl (C=O) groups excluding carboxylic acids is 3. The van der Waals surface area contributed by atoms with Crippen LogP contribution in [0.2, 0.25) is 0 Å². The highest BCUT2D eigenvalue weighted by Gasteiger charge is 2.66. The van der Waals surface area contributed by atoms with E-state index in [9.17, 15) is 24.6 Å². The number of amides is 2. The summed E-state index contributed by atoms with van der Waals surface area (Å²) in [6.45, 7) is 11.7. The predicted octanol–water partition coefficient (Wildman–Crippen LogP) is 2.46. The maximum Gasteiger partial charge on any atom is 0.264 e. The number of allylic oxidation sites excluding steroid dienone is 3. The van der Waals surface area contributed by atoms with Crippen LogP contribution >= 0.6 is 0 Å². The molecule has 1 unspecified atom stereocenters. The van der Waals surface area contributed by atoms with Gasteiger partial charge in [-0.15, -0.1) is 0 Å². The van der Waals surface area contributed by atoms with E-state index in [4.69, 9.17) is 18.9 Å². The maximum atomic E-state index is 13.6. The molecule has 4 saturated heterocycles. The molecule has 5 aliphatic heterocycles. The quantitative estimate of drug-likeness (QED) is 0.100. The predicted molar refractivity (Wildman–Crippen MR) is 155 cm³/mol. The van der Waals surface area contributed by atoms with E-state index in [1.165, 1.54) is 18.0 Å². The topological polar surface area (TPSA) is 147 Å². The van der Waals surface area contributed by atoms with Gasteiger partial charge >= 0.3 is 0 Å². The van der Waals surface area contributed by atoms with Gasteiger partial charge in [0.25, 0.3) is 5.91 Å². The third-order valence-electron chi connectivity index (χ3n) is 9.67. The number of aliphatic hydroxyl groups is 2. The van der Waals surface area contributed by atoms with Crippen LogP contribution in [0, 0.1) is 17.8 Å². The van der Waals surface area contributed by atoms with Crippen molar-refractivity contribution in [3.8, 4) is 0 Å². The number of nitrogens with zero attached hydrogens (tertiary/aromatic N) is 1. The molecule has 2 amide bonds. The van der Waals surface area contributed by atoms with Gasteiger partial charge in [-0.2, -0.15) is 0 Å². The second-order valence-corrected chi connectivity index (χ2v) is 12.7. The lowest BCUT2D eigenvalue weighted by Crippen LogP contribution is -2.61. The molecular formula is C32H44N2O9.